The highest BCUT2D eigenvalue weighted by atomic mass is 19.4. The summed E-state index contributed by atoms with van der Waals surface area (Å²) in [6, 6.07) is 3.75. The second-order valence-electron chi connectivity index (χ2n) is 3.31. The van der Waals surface area contributed by atoms with Gasteiger partial charge >= 0.3 is 6.36 Å². The number of para-hydroxylation sites is 2. The molecule has 1 N–H and O–H groups in total. The molecule has 1 atom stereocenters. The third kappa shape index (κ3) is 4.46. The summed E-state index contributed by atoms with van der Waals surface area (Å²) in [5, 5.41) is 2.26. The van der Waals surface area contributed by atoms with Crippen LogP contribution in [0.1, 0.15) is 6.92 Å². The first-order chi connectivity index (χ1) is 7.79. The summed E-state index contributed by atoms with van der Waals surface area (Å²) in [7, 11) is 0. The van der Waals surface area contributed by atoms with E-state index in [1.165, 1.54) is 18.2 Å². The highest BCUT2D eigenvalue weighted by Gasteiger charge is 2.32. The minimum atomic E-state index is -4.86. The molecule has 1 unspecified atom stereocenters. The molecule has 2 nitrogen and oxygen atoms in total. The summed E-state index contributed by atoms with van der Waals surface area (Å²) in [6.07, 6.45) is -7.54. The van der Waals surface area contributed by atoms with Crippen LogP contribution in [0.2, 0.25) is 0 Å². The van der Waals surface area contributed by atoms with E-state index in [9.17, 15) is 22.0 Å². The Kier molecular flexibility index (Phi) is 4.14. The summed E-state index contributed by atoms with van der Waals surface area (Å²) in [5.41, 5.74) is -0.127. The van der Waals surface area contributed by atoms with Crippen LogP contribution in [0.25, 0.3) is 0 Å². The Morgan fingerprint density at radius 2 is 1.76 bits per heavy atom. The van der Waals surface area contributed by atoms with Crippen molar-refractivity contribution in [2.75, 3.05) is 5.32 Å². The zero-order valence-corrected chi connectivity index (χ0v) is 8.76. The lowest BCUT2D eigenvalue weighted by Gasteiger charge is -2.18. The van der Waals surface area contributed by atoms with Gasteiger partial charge in [0.15, 0.2) is 5.75 Å². The number of ether oxygens (including phenoxy) is 1. The summed E-state index contributed by atoms with van der Waals surface area (Å²) in [6.45, 7) is 1.16. The lowest BCUT2D eigenvalue weighted by molar-refractivity contribution is -0.274. The molecule has 0 aliphatic carbocycles. The van der Waals surface area contributed by atoms with Crippen LogP contribution in [0.15, 0.2) is 24.3 Å². The maximum atomic E-state index is 12.3. The number of alkyl halides is 5. The lowest BCUT2D eigenvalue weighted by atomic mass is 10.2. The summed E-state index contributed by atoms with van der Waals surface area (Å²) < 4.78 is 64.3. The van der Waals surface area contributed by atoms with Crippen LogP contribution >= 0.6 is 0 Å². The largest absolute Gasteiger partial charge is 0.573 e. The first kappa shape index (κ1) is 13.5. The number of hydrogen-bond acceptors (Lipinski definition) is 2. The van der Waals surface area contributed by atoms with Crippen LogP contribution in [0.5, 0.6) is 5.75 Å². The fourth-order valence-electron chi connectivity index (χ4n) is 1.11. The fraction of sp³-hybridized carbons (Fsp3) is 0.400. The first-order valence-corrected chi connectivity index (χ1v) is 4.69. The Balaban J connectivity index is 2.85. The van der Waals surface area contributed by atoms with Gasteiger partial charge in [-0.25, -0.2) is 8.78 Å². The molecule has 0 bridgehead atoms. The van der Waals surface area contributed by atoms with Crippen LogP contribution in [0.4, 0.5) is 27.6 Å². The molecule has 0 aromatic heterocycles. The molecule has 1 rings (SSSR count). The molecule has 1 aromatic rings. The van der Waals surface area contributed by atoms with Gasteiger partial charge in [-0.1, -0.05) is 12.1 Å². The van der Waals surface area contributed by atoms with E-state index in [-0.39, 0.29) is 5.69 Å². The van der Waals surface area contributed by atoms with Crippen molar-refractivity contribution >= 4 is 5.69 Å². The number of nitrogens with one attached hydrogen (secondary N) is 1. The van der Waals surface area contributed by atoms with Gasteiger partial charge in [0.05, 0.1) is 11.7 Å². The van der Waals surface area contributed by atoms with E-state index in [0.717, 1.165) is 13.0 Å². The van der Waals surface area contributed by atoms with Gasteiger partial charge < -0.3 is 10.1 Å². The third-order valence-corrected chi connectivity index (χ3v) is 1.87. The predicted molar refractivity (Wildman–Crippen MR) is 52.2 cm³/mol. The molecule has 96 valence electrons. The monoisotopic (exact) mass is 255 g/mol. The maximum absolute atomic E-state index is 12.3. The molecule has 0 saturated heterocycles. The topological polar surface area (TPSA) is 21.3 Å². The molecule has 0 aliphatic heterocycles. The normalized spacial score (nSPS) is 13.6. The minimum Gasteiger partial charge on any atom is -0.404 e. The summed E-state index contributed by atoms with van der Waals surface area (Å²) in [4.78, 5) is 0. The third-order valence-electron chi connectivity index (χ3n) is 1.87. The Labute approximate surface area is 94.4 Å². The Bertz CT molecular complexity index is 366. The van der Waals surface area contributed by atoms with E-state index in [4.69, 9.17) is 0 Å². The molecular formula is C10H10F5NO. The van der Waals surface area contributed by atoms with Gasteiger partial charge in [0.2, 0.25) is 0 Å². The van der Waals surface area contributed by atoms with Gasteiger partial charge in [0, 0.05) is 0 Å². The average Bonchev–Trinajstić information content (AvgIpc) is 2.18. The fourth-order valence-corrected chi connectivity index (χ4v) is 1.11. The Morgan fingerprint density at radius 3 is 2.29 bits per heavy atom. The van der Waals surface area contributed by atoms with Crippen molar-refractivity contribution in [3.63, 3.8) is 0 Å². The summed E-state index contributed by atoms with van der Waals surface area (Å²) in [5.74, 6) is -0.535. The zero-order valence-electron chi connectivity index (χ0n) is 8.76. The number of hydrogen-bond donors (Lipinski definition) is 1. The Hall–Kier alpha value is -1.53. The number of anilines is 1. The highest BCUT2D eigenvalue weighted by molar-refractivity contribution is 5.56. The van der Waals surface area contributed by atoms with Crippen LogP contribution in [0.3, 0.4) is 0 Å². The van der Waals surface area contributed by atoms with Crippen molar-refractivity contribution in [1.82, 2.24) is 0 Å². The van der Waals surface area contributed by atoms with E-state index in [0.29, 0.717) is 0 Å². The van der Waals surface area contributed by atoms with E-state index in [1.807, 2.05) is 0 Å². The maximum Gasteiger partial charge on any atom is 0.573 e. The SMILES string of the molecule is CC(Nc1ccccc1OC(F)(F)F)C(F)F. The molecule has 7 heteroatoms. The van der Waals surface area contributed by atoms with Crippen molar-refractivity contribution in [3.8, 4) is 5.75 Å². The molecule has 0 fully saturated rings. The van der Waals surface area contributed by atoms with Gasteiger partial charge in [0.25, 0.3) is 6.43 Å². The first-order valence-electron chi connectivity index (χ1n) is 4.69. The molecule has 1 aromatic carbocycles. The van der Waals surface area contributed by atoms with Crippen LogP contribution in [0, 0.1) is 0 Å². The predicted octanol–water partition coefficient (Wildman–Crippen LogP) is 3.65. The quantitative estimate of drug-likeness (QED) is 0.829. The molecule has 0 heterocycles. The summed E-state index contributed by atoms with van der Waals surface area (Å²) >= 11 is 0. The smallest absolute Gasteiger partial charge is 0.404 e. The lowest BCUT2D eigenvalue weighted by Crippen LogP contribution is -2.25. The number of benzene rings is 1. The second-order valence-corrected chi connectivity index (χ2v) is 3.31. The van der Waals surface area contributed by atoms with Crippen molar-refractivity contribution in [2.24, 2.45) is 0 Å². The van der Waals surface area contributed by atoms with Crippen molar-refractivity contribution < 1.29 is 26.7 Å². The minimum absolute atomic E-state index is 0.127. The molecular weight excluding hydrogens is 245 g/mol. The molecule has 0 spiro atoms. The van der Waals surface area contributed by atoms with Gasteiger partial charge in [-0.05, 0) is 19.1 Å². The molecule has 0 saturated carbocycles. The zero-order chi connectivity index (χ0) is 13.1. The van der Waals surface area contributed by atoms with Crippen molar-refractivity contribution in [2.45, 2.75) is 25.8 Å². The standard InChI is InChI=1S/C10H10F5NO/c1-6(9(11)12)16-7-4-2-3-5-8(7)17-10(13,14)15/h2-6,9,16H,1H3. The van der Waals surface area contributed by atoms with Gasteiger partial charge in [-0.15, -0.1) is 13.2 Å². The van der Waals surface area contributed by atoms with E-state index in [2.05, 4.69) is 10.1 Å². The van der Waals surface area contributed by atoms with E-state index in [1.54, 1.807) is 0 Å². The van der Waals surface area contributed by atoms with Crippen molar-refractivity contribution in [1.29, 1.82) is 0 Å². The number of rotatable bonds is 4. The number of halogens is 5. The average molecular weight is 255 g/mol. The molecule has 0 amide bonds. The van der Waals surface area contributed by atoms with Crippen LogP contribution < -0.4 is 10.1 Å². The van der Waals surface area contributed by atoms with E-state index < -0.39 is 24.6 Å². The van der Waals surface area contributed by atoms with E-state index >= 15 is 0 Å². The van der Waals surface area contributed by atoms with Crippen LogP contribution in [-0.2, 0) is 0 Å². The van der Waals surface area contributed by atoms with Gasteiger partial charge in [-0.2, -0.15) is 0 Å². The molecule has 0 aliphatic rings. The second kappa shape index (κ2) is 5.20. The van der Waals surface area contributed by atoms with Gasteiger partial charge in [-0.3, -0.25) is 0 Å². The Morgan fingerprint density at radius 1 is 1.18 bits per heavy atom. The molecule has 0 radical (unpaired) electrons. The highest BCUT2D eigenvalue weighted by Crippen LogP contribution is 2.30. The van der Waals surface area contributed by atoms with Crippen molar-refractivity contribution in [3.05, 3.63) is 24.3 Å². The molecule has 17 heavy (non-hydrogen) atoms. The van der Waals surface area contributed by atoms with Gasteiger partial charge in [0.1, 0.15) is 0 Å². The van der Waals surface area contributed by atoms with Crippen LogP contribution in [-0.4, -0.2) is 18.8 Å².